The van der Waals surface area contributed by atoms with E-state index in [0.717, 1.165) is 22.4 Å². The zero-order valence-electron chi connectivity index (χ0n) is 18.5. The van der Waals surface area contributed by atoms with Crippen molar-refractivity contribution in [1.29, 1.82) is 0 Å². The summed E-state index contributed by atoms with van der Waals surface area (Å²) in [6.07, 6.45) is 0. The van der Waals surface area contributed by atoms with Gasteiger partial charge < -0.3 is 15.5 Å². The first-order chi connectivity index (χ1) is 14.8. The molecular weight excluding hydrogens is 412 g/mol. The molecule has 3 rings (SSSR count). The van der Waals surface area contributed by atoms with E-state index in [1.165, 1.54) is 0 Å². The van der Waals surface area contributed by atoms with Crippen LogP contribution in [0.1, 0.15) is 29.7 Å². The van der Waals surface area contributed by atoms with E-state index in [0.29, 0.717) is 37.7 Å². The molecule has 1 fully saturated rings. The van der Waals surface area contributed by atoms with Crippen LogP contribution in [0.5, 0.6) is 0 Å². The third-order valence-corrected chi connectivity index (χ3v) is 6.11. The van der Waals surface area contributed by atoms with Gasteiger partial charge in [-0.15, -0.1) is 0 Å². The van der Waals surface area contributed by atoms with Gasteiger partial charge in [-0.3, -0.25) is 14.5 Å². The highest BCUT2D eigenvalue weighted by Crippen LogP contribution is 2.22. The maximum absolute atomic E-state index is 12.6. The first kappa shape index (κ1) is 23.3. The number of amides is 2. The van der Waals surface area contributed by atoms with Crippen molar-refractivity contribution in [1.82, 2.24) is 15.1 Å². The highest BCUT2D eigenvalue weighted by molar-refractivity contribution is 6.31. The fourth-order valence-electron chi connectivity index (χ4n) is 3.84. The standard InChI is InChI=1S/C24H31ClN4O2/c1-17-7-6-8-18(2)24(17)27-22(30)16-28-11-13-29(14-12-28)23(31)15-26-19(3)20-9-4-5-10-21(20)25/h4-10,19,26H,11-16H2,1-3H3,(H,27,30). The van der Waals surface area contributed by atoms with Gasteiger partial charge in [-0.2, -0.15) is 0 Å². The number of aryl methyl sites for hydroxylation is 2. The summed E-state index contributed by atoms with van der Waals surface area (Å²) in [6, 6.07) is 13.6. The van der Waals surface area contributed by atoms with Crippen LogP contribution in [0.3, 0.4) is 0 Å². The van der Waals surface area contributed by atoms with E-state index < -0.39 is 0 Å². The summed E-state index contributed by atoms with van der Waals surface area (Å²) in [6.45, 7) is 9.20. The molecule has 1 atom stereocenters. The van der Waals surface area contributed by atoms with Crippen LogP contribution in [0, 0.1) is 13.8 Å². The predicted molar refractivity (Wildman–Crippen MR) is 125 cm³/mol. The quantitative estimate of drug-likeness (QED) is 0.689. The molecule has 2 aromatic carbocycles. The van der Waals surface area contributed by atoms with Crippen LogP contribution in [0.15, 0.2) is 42.5 Å². The maximum Gasteiger partial charge on any atom is 0.238 e. The zero-order chi connectivity index (χ0) is 22.4. The predicted octanol–water partition coefficient (Wildman–Crippen LogP) is 3.39. The van der Waals surface area contributed by atoms with Gasteiger partial charge in [0, 0.05) is 42.9 Å². The summed E-state index contributed by atoms with van der Waals surface area (Å²) in [5, 5.41) is 6.99. The Morgan fingerprint density at radius 2 is 1.65 bits per heavy atom. The van der Waals surface area contributed by atoms with Crippen LogP contribution in [0.25, 0.3) is 0 Å². The molecule has 0 radical (unpaired) electrons. The first-order valence-electron chi connectivity index (χ1n) is 10.7. The molecule has 2 amide bonds. The van der Waals surface area contributed by atoms with Crippen LogP contribution < -0.4 is 10.6 Å². The fraction of sp³-hybridized carbons (Fsp3) is 0.417. The van der Waals surface area contributed by atoms with Crippen molar-refractivity contribution in [3.05, 3.63) is 64.2 Å². The number of hydrogen-bond acceptors (Lipinski definition) is 4. The van der Waals surface area contributed by atoms with Crippen LogP contribution in [0.2, 0.25) is 5.02 Å². The molecule has 1 saturated heterocycles. The zero-order valence-corrected chi connectivity index (χ0v) is 19.2. The van der Waals surface area contributed by atoms with E-state index in [-0.39, 0.29) is 24.4 Å². The second kappa shape index (κ2) is 10.8. The Labute approximate surface area is 189 Å². The summed E-state index contributed by atoms with van der Waals surface area (Å²) >= 11 is 6.24. The lowest BCUT2D eigenvalue weighted by atomic mass is 10.1. The van der Waals surface area contributed by atoms with E-state index in [1.54, 1.807) is 0 Å². The maximum atomic E-state index is 12.6. The lowest BCUT2D eigenvalue weighted by molar-refractivity contribution is -0.132. The average molecular weight is 443 g/mol. The molecule has 0 spiro atoms. The summed E-state index contributed by atoms with van der Waals surface area (Å²) in [5.41, 5.74) is 3.99. The molecule has 1 heterocycles. The van der Waals surface area contributed by atoms with E-state index in [9.17, 15) is 9.59 Å². The molecule has 0 bridgehead atoms. The number of anilines is 1. The van der Waals surface area contributed by atoms with Gasteiger partial charge in [-0.25, -0.2) is 0 Å². The average Bonchev–Trinajstić information content (AvgIpc) is 2.75. The molecule has 1 aliphatic heterocycles. The summed E-state index contributed by atoms with van der Waals surface area (Å²) in [7, 11) is 0. The van der Waals surface area contributed by atoms with Gasteiger partial charge in [0.2, 0.25) is 11.8 Å². The number of hydrogen-bond donors (Lipinski definition) is 2. The van der Waals surface area contributed by atoms with Crippen LogP contribution >= 0.6 is 11.6 Å². The molecule has 31 heavy (non-hydrogen) atoms. The van der Waals surface area contributed by atoms with Crippen LogP contribution in [-0.4, -0.2) is 60.9 Å². The van der Waals surface area contributed by atoms with Crippen molar-refractivity contribution in [2.24, 2.45) is 0 Å². The number of carbonyl (C=O) groups excluding carboxylic acids is 2. The molecule has 0 aliphatic carbocycles. The number of para-hydroxylation sites is 1. The number of nitrogens with one attached hydrogen (secondary N) is 2. The van der Waals surface area contributed by atoms with Crippen molar-refractivity contribution in [2.45, 2.75) is 26.8 Å². The molecule has 166 valence electrons. The largest absolute Gasteiger partial charge is 0.339 e. The SMILES string of the molecule is Cc1cccc(C)c1NC(=O)CN1CCN(C(=O)CNC(C)c2ccccc2Cl)CC1. The first-order valence-corrected chi connectivity index (χ1v) is 11.1. The lowest BCUT2D eigenvalue weighted by Gasteiger charge is -2.34. The van der Waals surface area contributed by atoms with Crippen molar-refractivity contribution in [2.75, 3.05) is 44.6 Å². The Morgan fingerprint density at radius 1 is 1.00 bits per heavy atom. The van der Waals surface area contributed by atoms with Crippen LogP contribution in [0.4, 0.5) is 5.69 Å². The molecule has 6 nitrogen and oxygen atoms in total. The molecular formula is C24H31ClN4O2. The topological polar surface area (TPSA) is 64.7 Å². The highest BCUT2D eigenvalue weighted by Gasteiger charge is 2.23. The monoisotopic (exact) mass is 442 g/mol. The summed E-state index contributed by atoms with van der Waals surface area (Å²) < 4.78 is 0. The minimum Gasteiger partial charge on any atom is -0.339 e. The van der Waals surface area contributed by atoms with Gasteiger partial charge in [0.05, 0.1) is 13.1 Å². The van der Waals surface area contributed by atoms with Gasteiger partial charge >= 0.3 is 0 Å². The second-order valence-electron chi connectivity index (χ2n) is 8.10. The van der Waals surface area contributed by atoms with Gasteiger partial charge in [0.25, 0.3) is 0 Å². The molecule has 0 aromatic heterocycles. The van der Waals surface area contributed by atoms with Crippen molar-refractivity contribution in [3.63, 3.8) is 0 Å². The van der Waals surface area contributed by atoms with Crippen molar-refractivity contribution < 1.29 is 9.59 Å². The molecule has 1 unspecified atom stereocenters. The third-order valence-electron chi connectivity index (χ3n) is 5.77. The van der Waals surface area contributed by atoms with E-state index >= 15 is 0 Å². The Kier molecular flexibility index (Phi) is 8.07. The smallest absolute Gasteiger partial charge is 0.238 e. The molecule has 0 saturated carbocycles. The Balaban J connectivity index is 1.42. The third kappa shape index (κ3) is 6.29. The van der Waals surface area contributed by atoms with E-state index in [2.05, 4.69) is 15.5 Å². The minimum atomic E-state index is -0.0209. The second-order valence-corrected chi connectivity index (χ2v) is 8.50. The highest BCUT2D eigenvalue weighted by atomic mass is 35.5. The Bertz CT molecular complexity index is 905. The van der Waals surface area contributed by atoms with Gasteiger partial charge in [0.1, 0.15) is 0 Å². The number of benzene rings is 2. The van der Waals surface area contributed by atoms with E-state index in [4.69, 9.17) is 11.6 Å². The molecule has 2 aromatic rings. The number of halogens is 1. The van der Waals surface area contributed by atoms with Gasteiger partial charge in [-0.1, -0.05) is 48.0 Å². The Morgan fingerprint density at radius 3 is 2.29 bits per heavy atom. The summed E-state index contributed by atoms with van der Waals surface area (Å²) in [5.74, 6) is 0.0472. The van der Waals surface area contributed by atoms with E-state index in [1.807, 2.05) is 68.1 Å². The van der Waals surface area contributed by atoms with Crippen molar-refractivity contribution >= 4 is 29.1 Å². The molecule has 2 N–H and O–H groups in total. The van der Waals surface area contributed by atoms with Crippen molar-refractivity contribution in [3.8, 4) is 0 Å². The number of nitrogens with zero attached hydrogens (tertiary/aromatic N) is 2. The minimum absolute atomic E-state index is 0.00691. The summed E-state index contributed by atoms with van der Waals surface area (Å²) in [4.78, 5) is 29.0. The number of rotatable bonds is 7. The normalized spacial score (nSPS) is 15.5. The number of carbonyl (C=O) groups is 2. The lowest BCUT2D eigenvalue weighted by Crippen LogP contribution is -2.52. The van der Waals surface area contributed by atoms with Gasteiger partial charge in [0.15, 0.2) is 0 Å². The fourth-order valence-corrected chi connectivity index (χ4v) is 4.14. The molecule has 1 aliphatic rings. The van der Waals surface area contributed by atoms with Gasteiger partial charge in [-0.05, 0) is 43.5 Å². The molecule has 7 heteroatoms. The number of piperazine rings is 1. The Hall–Kier alpha value is -2.41. The van der Waals surface area contributed by atoms with Crippen LogP contribution in [-0.2, 0) is 9.59 Å².